The summed E-state index contributed by atoms with van der Waals surface area (Å²) in [5.41, 5.74) is 0. The maximum Gasteiger partial charge on any atom is 0.0249 e. The van der Waals surface area contributed by atoms with E-state index in [1.54, 1.807) is 0 Å². The Morgan fingerprint density at radius 3 is 2.43 bits per heavy atom. The summed E-state index contributed by atoms with van der Waals surface area (Å²) in [5.74, 6) is 1.99. The van der Waals surface area contributed by atoms with Gasteiger partial charge in [-0.1, -0.05) is 45.4 Å². The first kappa shape index (κ1) is 15.8. The molecule has 2 nitrogen and oxygen atoms in total. The van der Waals surface area contributed by atoms with Crippen LogP contribution in [0.3, 0.4) is 0 Å². The van der Waals surface area contributed by atoms with Gasteiger partial charge in [0.05, 0.1) is 0 Å². The summed E-state index contributed by atoms with van der Waals surface area (Å²) in [5, 5.41) is 3.95. The van der Waals surface area contributed by atoms with Crippen molar-refractivity contribution in [2.45, 2.75) is 89.6 Å². The lowest BCUT2D eigenvalue weighted by atomic mass is 9.82. The third-order valence-corrected chi connectivity index (χ3v) is 6.17. The molecule has 2 unspecified atom stereocenters. The average molecular weight is 293 g/mol. The number of nitrogens with zero attached hydrogens (tertiary/aromatic N) is 1. The highest BCUT2D eigenvalue weighted by molar-refractivity contribution is 4.96. The van der Waals surface area contributed by atoms with Gasteiger partial charge in [0.2, 0.25) is 0 Å². The zero-order valence-corrected chi connectivity index (χ0v) is 14.2. The molecule has 0 aromatic heterocycles. The zero-order chi connectivity index (χ0) is 14.5. The molecule has 0 spiro atoms. The quantitative estimate of drug-likeness (QED) is 0.708. The summed E-state index contributed by atoms with van der Waals surface area (Å²) in [7, 11) is 0. The lowest BCUT2D eigenvalue weighted by Crippen LogP contribution is -2.59. The molecule has 0 amide bonds. The predicted molar refractivity (Wildman–Crippen MR) is 90.6 cm³/mol. The van der Waals surface area contributed by atoms with Crippen molar-refractivity contribution in [1.82, 2.24) is 10.2 Å². The van der Waals surface area contributed by atoms with Gasteiger partial charge in [0.25, 0.3) is 0 Å². The van der Waals surface area contributed by atoms with Gasteiger partial charge in [-0.3, -0.25) is 4.90 Å². The van der Waals surface area contributed by atoms with Crippen molar-refractivity contribution in [1.29, 1.82) is 0 Å². The molecule has 0 aromatic rings. The smallest absolute Gasteiger partial charge is 0.0249 e. The fourth-order valence-electron chi connectivity index (χ4n) is 4.65. The van der Waals surface area contributed by atoms with E-state index < -0.39 is 0 Å². The van der Waals surface area contributed by atoms with E-state index in [-0.39, 0.29) is 0 Å². The van der Waals surface area contributed by atoms with Crippen LogP contribution in [-0.2, 0) is 0 Å². The van der Waals surface area contributed by atoms with Crippen LogP contribution in [0.25, 0.3) is 0 Å². The van der Waals surface area contributed by atoms with E-state index in [2.05, 4.69) is 17.1 Å². The van der Waals surface area contributed by atoms with Gasteiger partial charge in [-0.15, -0.1) is 0 Å². The first-order chi connectivity index (χ1) is 10.4. The van der Waals surface area contributed by atoms with Crippen LogP contribution in [0, 0.1) is 11.8 Å². The minimum atomic E-state index is 0.798. The van der Waals surface area contributed by atoms with Crippen LogP contribution in [0.15, 0.2) is 0 Å². The molecule has 1 N–H and O–H groups in total. The third kappa shape index (κ3) is 4.45. The van der Waals surface area contributed by atoms with Crippen LogP contribution in [0.1, 0.15) is 77.6 Å². The molecule has 0 aromatic carbocycles. The molecular weight excluding hydrogens is 256 g/mol. The number of rotatable bonds is 7. The Morgan fingerprint density at radius 2 is 1.71 bits per heavy atom. The molecule has 2 aliphatic carbocycles. The second-order valence-electron chi connectivity index (χ2n) is 7.87. The minimum absolute atomic E-state index is 0.798. The molecule has 21 heavy (non-hydrogen) atoms. The van der Waals surface area contributed by atoms with Crippen LogP contribution in [0.2, 0.25) is 0 Å². The summed E-state index contributed by atoms with van der Waals surface area (Å²) < 4.78 is 0. The molecule has 122 valence electrons. The van der Waals surface area contributed by atoms with Crippen LogP contribution in [-0.4, -0.2) is 36.6 Å². The van der Waals surface area contributed by atoms with E-state index in [1.807, 2.05) is 0 Å². The maximum atomic E-state index is 3.95. The normalized spacial score (nSPS) is 32.4. The fourth-order valence-corrected chi connectivity index (χ4v) is 4.65. The van der Waals surface area contributed by atoms with Crippen molar-refractivity contribution in [3.05, 3.63) is 0 Å². The SMILES string of the molecule is CCCCCCN1CC(C2CCCCC2)NCC1C1CC1. The lowest BCUT2D eigenvalue weighted by molar-refractivity contribution is 0.0829. The summed E-state index contributed by atoms with van der Waals surface area (Å²) in [6, 6.07) is 1.66. The Hall–Kier alpha value is -0.0800. The highest BCUT2D eigenvalue weighted by atomic mass is 15.2. The van der Waals surface area contributed by atoms with Crippen LogP contribution >= 0.6 is 0 Å². The van der Waals surface area contributed by atoms with Gasteiger partial charge in [0.1, 0.15) is 0 Å². The molecular formula is C19H36N2. The summed E-state index contributed by atoms with van der Waals surface area (Å²) in [4.78, 5) is 2.89. The van der Waals surface area contributed by atoms with Gasteiger partial charge in [-0.25, -0.2) is 0 Å². The van der Waals surface area contributed by atoms with Gasteiger partial charge in [-0.05, 0) is 50.5 Å². The van der Waals surface area contributed by atoms with Gasteiger partial charge >= 0.3 is 0 Å². The highest BCUT2D eigenvalue weighted by Crippen LogP contribution is 2.37. The molecule has 3 aliphatic rings. The number of piperazine rings is 1. The largest absolute Gasteiger partial charge is 0.311 e. The first-order valence-electron chi connectivity index (χ1n) is 9.86. The highest BCUT2D eigenvalue weighted by Gasteiger charge is 2.40. The number of nitrogens with one attached hydrogen (secondary N) is 1. The monoisotopic (exact) mass is 292 g/mol. The lowest BCUT2D eigenvalue weighted by Gasteiger charge is -2.44. The predicted octanol–water partition coefficient (Wildman–Crippen LogP) is 4.20. The Bertz CT molecular complexity index is 294. The minimum Gasteiger partial charge on any atom is -0.311 e. The standard InChI is InChI=1S/C19H36N2/c1-2-3-4-8-13-21-15-18(16-9-6-5-7-10-16)20-14-19(21)17-11-12-17/h16-20H,2-15H2,1H3. The third-order valence-electron chi connectivity index (χ3n) is 6.17. The van der Waals surface area contributed by atoms with E-state index in [0.29, 0.717) is 0 Å². The van der Waals surface area contributed by atoms with Crippen molar-refractivity contribution in [2.24, 2.45) is 11.8 Å². The summed E-state index contributed by atoms with van der Waals surface area (Å²) in [6.07, 6.45) is 16.0. The van der Waals surface area contributed by atoms with Crippen LogP contribution in [0.5, 0.6) is 0 Å². The zero-order valence-electron chi connectivity index (χ0n) is 14.2. The molecule has 2 heteroatoms. The Labute approximate surface area is 132 Å². The molecule has 2 saturated carbocycles. The molecule has 0 radical (unpaired) electrons. The van der Waals surface area contributed by atoms with E-state index in [1.165, 1.54) is 90.3 Å². The number of unbranched alkanes of at least 4 members (excludes halogenated alkanes) is 3. The van der Waals surface area contributed by atoms with Crippen molar-refractivity contribution < 1.29 is 0 Å². The topological polar surface area (TPSA) is 15.3 Å². The molecule has 2 atom stereocenters. The Balaban J connectivity index is 1.50. The Morgan fingerprint density at radius 1 is 0.905 bits per heavy atom. The van der Waals surface area contributed by atoms with E-state index in [9.17, 15) is 0 Å². The second-order valence-corrected chi connectivity index (χ2v) is 7.87. The molecule has 1 saturated heterocycles. The summed E-state index contributed by atoms with van der Waals surface area (Å²) in [6.45, 7) is 6.31. The van der Waals surface area contributed by atoms with Gasteiger partial charge in [-0.2, -0.15) is 0 Å². The molecule has 3 fully saturated rings. The molecule has 1 heterocycles. The van der Waals surface area contributed by atoms with Crippen molar-refractivity contribution in [2.75, 3.05) is 19.6 Å². The molecule has 0 bridgehead atoms. The van der Waals surface area contributed by atoms with E-state index in [0.717, 1.165) is 23.9 Å². The second kappa shape index (κ2) is 7.97. The van der Waals surface area contributed by atoms with Crippen molar-refractivity contribution >= 4 is 0 Å². The van der Waals surface area contributed by atoms with E-state index in [4.69, 9.17) is 0 Å². The Kier molecular flexibility index (Phi) is 5.99. The molecule has 1 aliphatic heterocycles. The fraction of sp³-hybridized carbons (Fsp3) is 1.00. The van der Waals surface area contributed by atoms with Gasteiger partial charge in [0.15, 0.2) is 0 Å². The van der Waals surface area contributed by atoms with Gasteiger partial charge in [0, 0.05) is 25.2 Å². The van der Waals surface area contributed by atoms with E-state index >= 15 is 0 Å². The van der Waals surface area contributed by atoms with Crippen LogP contribution < -0.4 is 5.32 Å². The van der Waals surface area contributed by atoms with Crippen molar-refractivity contribution in [3.63, 3.8) is 0 Å². The first-order valence-corrected chi connectivity index (χ1v) is 9.86. The molecule has 3 rings (SSSR count). The number of hydrogen-bond acceptors (Lipinski definition) is 2. The number of hydrogen-bond donors (Lipinski definition) is 1. The van der Waals surface area contributed by atoms with Gasteiger partial charge < -0.3 is 5.32 Å². The average Bonchev–Trinajstić information content (AvgIpc) is 3.37. The van der Waals surface area contributed by atoms with Crippen LogP contribution in [0.4, 0.5) is 0 Å². The maximum absolute atomic E-state index is 3.95. The van der Waals surface area contributed by atoms with Crippen molar-refractivity contribution in [3.8, 4) is 0 Å². The summed E-state index contributed by atoms with van der Waals surface area (Å²) >= 11 is 0.